The molecule has 0 atom stereocenters. The summed E-state index contributed by atoms with van der Waals surface area (Å²) in [7, 11) is 1.33. The van der Waals surface area contributed by atoms with Crippen molar-refractivity contribution in [2.24, 2.45) is 0 Å². The van der Waals surface area contributed by atoms with Gasteiger partial charge in [-0.3, -0.25) is 0 Å². The van der Waals surface area contributed by atoms with Crippen LogP contribution in [0.25, 0.3) is 11.1 Å². The predicted octanol–water partition coefficient (Wildman–Crippen LogP) is 4.15. The molecule has 0 saturated carbocycles. The Hall–Kier alpha value is -2.37. The summed E-state index contributed by atoms with van der Waals surface area (Å²) in [4.78, 5) is 0. The van der Waals surface area contributed by atoms with E-state index in [9.17, 15) is 13.2 Å². The van der Waals surface area contributed by atoms with Crippen molar-refractivity contribution in [3.63, 3.8) is 0 Å². The number of para-hydroxylation sites is 1. The number of halogens is 3. The van der Waals surface area contributed by atoms with Crippen LogP contribution in [0.1, 0.15) is 5.56 Å². The maximum atomic E-state index is 13.4. The number of fused-ring (bicyclic) bond motifs is 1. The van der Waals surface area contributed by atoms with Crippen molar-refractivity contribution in [3.05, 3.63) is 42.0 Å². The molecule has 1 aliphatic rings. The zero-order valence-corrected chi connectivity index (χ0v) is 11.7. The van der Waals surface area contributed by atoms with Crippen molar-refractivity contribution < 1.29 is 27.4 Å². The lowest BCUT2D eigenvalue weighted by molar-refractivity contribution is -0.137. The monoisotopic (exact) mass is 310 g/mol. The van der Waals surface area contributed by atoms with E-state index in [0.29, 0.717) is 30.3 Å². The lowest BCUT2D eigenvalue weighted by Crippen LogP contribution is -2.16. The Labute approximate surface area is 125 Å². The number of hydrogen-bond acceptors (Lipinski definition) is 3. The number of alkyl halides is 3. The van der Waals surface area contributed by atoms with E-state index in [4.69, 9.17) is 14.2 Å². The first-order valence-corrected chi connectivity index (χ1v) is 6.65. The van der Waals surface area contributed by atoms with Crippen molar-refractivity contribution >= 4 is 0 Å². The summed E-state index contributed by atoms with van der Waals surface area (Å²) in [6, 6.07) is 8.77. The van der Waals surface area contributed by atoms with Gasteiger partial charge in [0.1, 0.15) is 19.0 Å². The first-order valence-electron chi connectivity index (χ1n) is 6.65. The van der Waals surface area contributed by atoms with Crippen molar-refractivity contribution in [2.75, 3.05) is 20.3 Å². The quantitative estimate of drug-likeness (QED) is 0.834. The molecule has 0 spiro atoms. The summed E-state index contributed by atoms with van der Waals surface area (Å²) in [6.07, 6.45) is -4.50. The lowest BCUT2D eigenvalue weighted by atomic mass is 9.97. The number of ether oxygens (including phenoxy) is 3. The lowest BCUT2D eigenvalue weighted by Gasteiger charge is -2.22. The molecule has 2 aromatic carbocycles. The maximum absolute atomic E-state index is 13.4. The molecule has 0 amide bonds. The maximum Gasteiger partial charge on any atom is 0.417 e. The predicted molar refractivity (Wildman–Crippen MR) is 74.4 cm³/mol. The van der Waals surface area contributed by atoms with Gasteiger partial charge in [0.15, 0.2) is 11.5 Å². The third kappa shape index (κ3) is 2.56. The van der Waals surface area contributed by atoms with Gasteiger partial charge in [-0.1, -0.05) is 12.1 Å². The van der Waals surface area contributed by atoms with Gasteiger partial charge < -0.3 is 14.2 Å². The topological polar surface area (TPSA) is 27.7 Å². The second-order valence-corrected chi connectivity index (χ2v) is 4.74. The SMILES string of the molecule is COc1ccc(-c2cccc3c2OCCO3)c(C(F)(F)F)c1. The van der Waals surface area contributed by atoms with Crippen LogP contribution in [-0.2, 0) is 6.18 Å². The van der Waals surface area contributed by atoms with E-state index >= 15 is 0 Å². The van der Waals surface area contributed by atoms with E-state index in [1.54, 1.807) is 18.2 Å². The molecule has 6 heteroatoms. The summed E-state index contributed by atoms with van der Waals surface area (Å²) in [5.74, 6) is 0.940. The van der Waals surface area contributed by atoms with Gasteiger partial charge in [-0.25, -0.2) is 0 Å². The highest BCUT2D eigenvalue weighted by molar-refractivity contribution is 5.77. The minimum atomic E-state index is -4.50. The molecule has 1 heterocycles. The fraction of sp³-hybridized carbons (Fsp3) is 0.250. The Morgan fingerprint density at radius 3 is 2.50 bits per heavy atom. The number of methoxy groups -OCH3 is 1. The molecule has 3 nitrogen and oxygen atoms in total. The highest BCUT2D eigenvalue weighted by Gasteiger charge is 2.35. The van der Waals surface area contributed by atoms with E-state index < -0.39 is 11.7 Å². The Morgan fingerprint density at radius 1 is 1.00 bits per heavy atom. The summed E-state index contributed by atoms with van der Waals surface area (Å²) in [5, 5.41) is 0. The Balaban J connectivity index is 2.20. The summed E-state index contributed by atoms with van der Waals surface area (Å²) in [5.41, 5.74) is -0.378. The number of benzene rings is 2. The normalized spacial score (nSPS) is 13.8. The highest BCUT2D eigenvalue weighted by atomic mass is 19.4. The highest BCUT2D eigenvalue weighted by Crippen LogP contribution is 2.45. The minimum Gasteiger partial charge on any atom is -0.497 e. The molecule has 0 saturated heterocycles. The van der Waals surface area contributed by atoms with Crippen molar-refractivity contribution in [3.8, 4) is 28.4 Å². The first-order chi connectivity index (χ1) is 10.5. The average Bonchev–Trinajstić information content (AvgIpc) is 2.53. The molecule has 0 unspecified atom stereocenters. The van der Waals surface area contributed by atoms with Crippen LogP contribution in [-0.4, -0.2) is 20.3 Å². The van der Waals surface area contributed by atoms with Gasteiger partial charge >= 0.3 is 6.18 Å². The van der Waals surface area contributed by atoms with E-state index in [1.807, 2.05) is 0 Å². The Bertz CT molecular complexity index is 696. The van der Waals surface area contributed by atoms with Gasteiger partial charge in [-0.15, -0.1) is 0 Å². The molecule has 2 aromatic rings. The van der Waals surface area contributed by atoms with Crippen LogP contribution in [0, 0.1) is 0 Å². The molecular formula is C16H13F3O3. The van der Waals surface area contributed by atoms with Crippen LogP contribution >= 0.6 is 0 Å². The zero-order valence-electron chi connectivity index (χ0n) is 11.7. The summed E-state index contributed by atoms with van der Waals surface area (Å²) in [6.45, 7) is 0.687. The Kier molecular flexibility index (Phi) is 3.60. The number of rotatable bonds is 2. The van der Waals surface area contributed by atoms with Crippen molar-refractivity contribution in [1.82, 2.24) is 0 Å². The van der Waals surface area contributed by atoms with Gasteiger partial charge in [-0.2, -0.15) is 13.2 Å². The van der Waals surface area contributed by atoms with E-state index in [-0.39, 0.29) is 11.3 Å². The smallest absolute Gasteiger partial charge is 0.417 e. The van der Waals surface area contributed by atoms with Gasteiger partial charge in [-0.05, 0) is 29.8 Å². The molecule has 116 valence electrons. The fourth-order valence-electron chi connectivity index (χ4n) is 2.41. The third-order valence-corrected chi connectivity index (χ3v) is 3.39. The molecular weight excluding hydrogens is 297 g/mol. The number of hydrogen-bond donors (Lipinski definition) is 0. The molecule has 0 bridgehead atoms. The molecule has 0 aliphatic carbocycles. The molecule has 22 heavy (non-hydrogen) atoms. The van der Waals surface area contributed by atoms with Gasteiger partial charge in [0.2, 0.25) is 0 Å². The first kappa shape index (κ1) is 14.6. The van der Waals surface area contributed by atoms with E-state index in [1.165, 1.54) is 19.2 Å². The van der Waals surface area contributed by atoms with Crippen LogP contribution in [0.3, 0.4) is 0 Å². The average molecular weight is 310 g/mol. The fourth-order valence-corrected chi connectivity index (χ4v) is 2.41. The Morgan fingerprint density at radius 2 is 1.77 bits per heavy atom. The molecule has 3 rings (SSSR count). The van der Waals surface area contributed by atoms with Gasteiger partial charge in [0.05, 0.1) is 12.7 Å². The second kappa shape index (κ2) is 5.44. The van der Waals surface area contributed by atoms with Crippen molar-refractivity contribution in [1.29, 1.82) is 0 Å². The van der Waals surface area contributed by atoms with Crippen LogP contribution in [0.5, 0.6) is 17.2 Å². The molecule has 0 aromatic heterocycles. The van der Waals surface area contributed by atoms with Crippen LogP contribution in [0.15, 0.2) is 36.4 Å². The standard InChI is InChI=1S/C16H13F3O3/c1-20-10-5-6-11(13(9-10)16(17,18)19)12-3-2-4-14-15(12)22-8-7-21-14/h2-6,9H,7-8H2,1H3. The minimum absolute atomic E-state index is 0.0376. The zero-order chi connectivity index (χ0) is 15.7. The van der Waals surface area contributed by atoms with Crippen LogP contribution in [0.4, 0.5) is 13.2 Å². The van der Waals surface area contributed by atoms with E-state index in [2.05, 4.69) is 0 Å². The molecule has 0 radical (unpaired) electrons. The largest absolute Gasteiger partial charge is 0.497 e. The van der Waals surface area contributed by atoms with Crippen LogP contribution in [0.2, 0.25) is 0 Å². The van der Waals surface area contributed by atoms with Gasteiger partial charge in [0.25, 0.3) is 0 Å². The third-order valence-electron chi connectivity index (χ3n) is 3.39. The van der Waals surface area contributed by atoms with Gasteiger partial charge in [0, 0.05) is 5.56 Å². The molecule has 0 fully saturated rings. The summed E-state index contributed by atoms with van der Waals surface area (Å²) >= 11 is 0. The van der Waals surface area contributed by atoms with Crippen molar-refractivity contribution in [2.45, 2.75) is 6.18 Å². The second-order valence-electron chi connectivity index (χ2n) is 4.74. The van der Waals surface area contributed by atoms with Crippen LogP contribution < -0.4 is 14.2 Å². The summed E-state index contributed by atoms with van der Waals surface area (Å²) < 4.78 is 55.9. The van der Waals surface area contributed by atoms with E-state index in [0.717, 1.165) is 6.07 Å². The molecule has 1 aliphatic heterocycles. The molecule has 0 N–H and O–H groups in total.